The Kier molecular flexibility index (Phi) is 7.30. The van der Waals surface area contributed by atoms with Crippen molar-refractivity contribution in [2.75, 3.05) is 38.7 Å². The molecule has 0 spiro atoms. The van der Waals surface area contributed by atoms with E-state index < -0.39 is 15.9 Å². The van der Waals surface area contributed by atoms with Gasteiger partial charge in [-0.2, -0.15) is 4.31 Å². The highest BCUT2D eigenvalue weighted by atomic mass is 32.2. The Labute approximate surface area is 198 Å². The van der Waals surface area contributed by atoms with Crippen LogP contribution in [0.5, 0.6) is 5.75 Å². The zero-order chi connectivity index (χ0) is 24.1. The SMILES string of the molecule is COc1ccc(C=CC(=O)Nc2cccc(C(=O)NC3CC3)c2)cc1S(=O)(=O)N1CCOCC1. The van der Waals surface area contributed by atoms with Crippen LogP contribution in [0, 0.1) is 0 Å². The number of hydrogen-bond acceptors (Lipinski definition) is 6. The van der Waals surface area contributed by atoms with Gasteiger partial charge >= 0.3 is 0 Å². The minimum atomic E-state index is -3.78. The van der Waals surface area contributed by atoms with Crippen LogP contribution in [-0.2, 0) is 19.6 Å². The second-order valence-electron chi connectivity index (χ2n) is 8.08. The summed E-state index contributed by atoms with van der Waals surface area (Å²) in [5, 5.41) is 5.64. The molecule has 2 aromatic carbocycles. The van der Waals surface area contributed by atoms with Gasteiger partial charge < -0.3 is 20.1 Å². The molecule has 2 aromatic rings. The van der Waals surface area contributed by atoms with Crippen LogP contribution in [-0.4, -0.2) is 64.0 Å². The molecule has 0 atom stereocenters. The maximum Gasteiger partial charge on any atom is 0.251 e. The molecule has 180 valence electrons. The molecule has 2 aliphatic rings. The lowest BCUT2D eigenvalue weighted by Crippen LogP contribution is -2.40. The van der Waals surface area contributed by atoms with Crippen LogP contribution in [0.25, 0.3) is 6.08 Å². The number of carbonyl (C=O) groups is 2. The predicted molar refractivity (Wildman–Crippen MR) is 127 cm³/mol. The zero-order valence-electron chi connectivity index (χ0n) is 18.8. The van der Waals surface area contributed by atoms with E-state index >= 15 is 0 Å². The van der Waals surface area contributed by atoms with Crippen LogP contribution in [0.4, 0.5) is 5.69 Å². The minimum absolute atomic E-state index is 0.0360. The lowest BCUT2D eigenvalue weighted by Gasteiger charge is -2.26. The Hall–Kier alpha value is -3.21. The van der Waals surface area contributed by atoms with Crippen molar-refractivity contribution in [2.24, 2.45) is 0 Å². The van der Waals surface area contributed by atoms with Gasteiger partial charge in [-0.1, -0.05) is 12.1 Å². The van der Waals surface area contributed by atoms with E-state index in [4.69, 9.17) is 9.47 Å². The number of morpholine rings is 1. The fourth-order valence-corrected chi connectivity index (χ4v) is 5.11. The Morgan fingerprint density at radius 1 is 1.12 bits per heavy atom. The summed E-state index contributed by atoms with van der Waals surface area (Å²) in [6, 6.07) is 11.7. The van der Waals surface area contributed by atoms with Crippen molar-refractivity contribution in [1.29, 1.82) is 0 Å². The van der Waals surface area contributed by atoms with Crippen LogP contribution in [0.3, 0.4) is 0 Å². The van der Waals surface area contributed by atoms with Crippen molar-refractivity contribution in [3.63, 3.8) is 0 Å². The van der Waals surface area contributed by atoms with Crippen LogP contribution >= 0.6 is 0 Å². The normalized spacial score (nSPS) is 16.9. The number of sulfonamides is 1. The number of ether oxygens (including phenoxy) is 2. The Morgan fingerprint density at radius 3 is 2.59 bits per heavy atom. The van der Waals surface area contributed by atoms with E-state index in [-0.39, 0.29) is 35.7 Å². The van der Waals surface area contributed by atoms with Gasteiger partial charge in [-0.15, -0.1) is 0 Å². The summed E-state index contributed by atoms with van der Waals surface area (Å²) in [7, 11) is -2.36. The number of hydrogen-bond donors (Lipinski definition) is 2. The molecule has 10 heteroatoms. The summed E-state index contributed by atoms with van der Waals surface area (Å²) in [5.74, 6) is -0.344. The quantitative estimate of drug-likeness (QED) is 0.555. The molecular weight excluding hydrogens is 458 g/mol. The van der Waals surface area contributed by atoms with E-state index in [9.17, 15) is 18.0 Å². The summed E-state index contributed by atoms with van der Waals surface area (Å²) in [6.45, 7) is 1.22. The highest BCUT2D eigenvalue weighted by molar-refractivity contribution is 7.89. The van der Waals surface area contributed by atoms with Gasteiger partial charge in [0, 0.05) is 36.5 Å². The minimum Gasteiger partial charge on any atom is -0.495 e. The van der Waals surface area contributed by atoms with Gasteiger partial charge in [-0.05, 0) is 54.8 Å². The second kappa shape index (κ2) is 10.4. The van der Waals surface area contributed by atoms with E-state index in [1.807, 2.05) is 0 Å². The molecule has 2 amide bonds. The summed E-state index contributed by atoms with van der Waals surface area (Å²) < 4.78 is 38.1. The third-order valence-electron chi connectivity index (χ3n) is 5.51. The topological polar surface area (TPSA) is 114 Å². The number of amides is 2. The first-order valence-corrected chi connectivity index (χ1v) is 12.5. The second-order valence-corrected chi connectivity index (χ2v) is 9.98. The number of carbonyl (C=O) groups excluding carboxylic acids is 2. The average Bonchev–Trinajstić information content (AvgIpc) is 3.67. The van der Waals surface area contributed by atoms with Crippen molar-refractivity contribution in [1.82, 2.24) is 9.62 Å². The fourth-order valence-electron chi connectivity index (χ4n) is 3.52. The molecular formula is C24H27N3O6S. The van der Waals surface area contributed by atoms with E-state index in [0.717, 1.165) is 12.8 Å². The molecule has 1 aliphatic heterocycles. The number of nitrogens with one attached hydrogen (secondary N) is 2. The number of anilines is 1. The molecule has 0 radical (unpaired) electrons. The first-order valence-electron chi connectivity index (χ1n) is 11.0. The molecule has 2 N–H and O–H groups in total. The molecule has 34 heavy (non-hydrogen) atoms. The first kappa shape index (κ1) is 23.9. The molecule has 1 saturated carbocycles. The summed E-state index contributed by atoms with van der Waals surface area (Å²) >= 11 is 0. The van der Waals surface area contributed by atoms with E-state index in [0.29, 0.717) is 30.0 Å². The van der Waals surface area contributed by atoms with Gasteiger partial charge in [0.1, 0.15) is 10.6 Å². The smallest absolute Gasteiger partial charge is 0.251 e. The van der Waals surface area contributed by atoms with Crippen molar-refractivity contribution in [3.05, 3.63) is 59.7 Å². The molecule has 4 rings (SSSR count). The van der Waals surface area contributed by atoms with Gasteiger partial charge in [0.2, 0.25) is 15.9 Å². The third kappa shape index (κ3) is 5.82. The van der Waals surface area contributed by atoms with Crippen LogP contribution < -0.4 is 15.4 Å². The van der Waals surface area contributed by atoms with Gasteiger partial charge in [0.15, 0.2) is 0 Å². The predicted octanol–water partition coefficient (Wildman–Crippen LogP) is 2.26. The van der Waals surface area contributed by atoms with Crippen molar-refractivity contribution in [2.45, 2.75) is 23.8 Å². The maximum atomic E-state index is 13.1. The highest BCUT2D eigenvalue weighted by Crippen LogP contribution is 2.29. The summed E-state index contributed by atoms with van der Waals surface area (Å²) in [5.41, 5.74) is 1.49. The van der Waals surface area contributed by atoms with E-state index in [2.05, 4.69) is 10.6 Å². The molecule has 9 nitrogen and oxygen atoms in total. The lowest BCUT2D eigenvalue weighted by molar-refractivity contribution is -0.111. The van der Waals surface area contributed by atoms with Crippen LogP contribution in [0.2, 0.25) is 0 Å². The van der Waals surface area contributed by atoms with Gasteiger partial charge in [-0.3, -0.25) is 9.59 Å². The molecule has 1 aliphatic carbocycles. The first-order chi connectivity index (χ1) is 16.4. The molecule has 2 fully saturated rings. The number of nitrogens with zero attached hydrogens (tertiary/aromatic N) is 1. The van der Waals surface area contributed by atoms with Crippen molar-refractivity contribution in [3.8, 4) is 5.75 Å². The number of rotatable bonds is 8. The Balaban J connectivity index is 1.46. The number of methoxy groups -OCH3 is 1. The zero-order valence-corrected chi connectivity index (χ0v) is 19.6. The lowest BCUT2D eigenvalue weighted by atomic mass is 10.1. The average molecular weight is 486 g/mol. The summed E-state index contributed by atoms with van der Waals surface area (Å²) in [6.07, 6.45) is 4.82. The van der Waals surface area contributed by atoms with Gasteiger partial charge in [0.25, 0.3) is 5.91 Å². The van der Waals surface area contributed by atoms with Crippen molar-refractivity contribution >= 4 is 33.6 Å². The highest BCUT2D eigenvalue weighted by Gasteiger charge is 2.29. The molecule has 1 saturated heterocycles. The standard InChI is InChI=1S/C24H27N3O6S/c1-32-21-9-5-17(15-22(21)34(30,31)27-11-13-33-14-12-27)6-10-23(28)25-20-4-2-3-18(16-20)24(29)26-19-7-8-19/h2-6,9-10,15-16,19H,7-8,11-14H2,1H3,(H,25,28)(H,26,29). The maximum absolute atomic E-state index is 13.1. The van der Waals surface area contributed by atoms with Crippen LogP contribution in [0.15, 0.2) is 53.4 Å². The summed E-state index contributed by atoms with van der Waals surface area (Å²) in [4.78, 5) is 24.7. The third-order valence-corrected chi connectivity index (χ3v) is 7.43. The number of benzene rings is 2. The fraction of sp³-hybridized carbons (Fsp3) is 0.333. The molecule has 0 bridgehead atoms. The Bertz CT molecular complexity index is 1200. The van der Waals surface area contributed by atoms with Crippen LogP contribution in [0.1, 0.15) is 28.8 Å². The van der Waals surface area contributed by atoms with Crippen molar-refractivity contribution < 1.29 is 27.5 Å². The Morgan fingerprint density at radius 2 is 1.88 bits per heavy atom. The molecule has 1 heterocycles. The largest absolute Gasteiger partial charge is 0.495 e. The molecule has 0 unspecified atom stereocenters. The monoisotopic (exact) mass is 485 g/mol. The van der Waals surface area contributed by atoms with E-state index in [1.165, 1.54) is 29.6 Å². The van der Waals surface area contributed by atoms with E-state index in [1.54, 1.807) is 36.4 Å². The van der Waals surface area contributed by atoms with Gasteiger partial charge in [0.05, 0.1) is 20.3 Å². The molecule has 0 aromatic heterocycles. The van der Waals surface area contributed by atoms with Gasteiger partial charge in [-0.25, -0.2) is 8.42 Å².